The number of aromatic nitrogens is 1. The molecule has 30 heavy (non-hydrogen) atoms. The van der Waals surface area contributed by atoms with Gasteiger partial charge in [0, 0.05) is 22.4 Å². The van der Waals surface area contributed by atoms with Crippen LogP contribution in [0.2, 0.25) is 0 Å². The number of benzene rings is 3. The Kier molecular flexibility index (Phi) is 5.26. The Morgan fingerprint density at radius 3 is 2.30 bits per heavy atom. The van der Waals surface area contributed by atoms with Gasteiger partial charge < -0.3 is 9.73 Å². The molecule has 0 radical (unpaired) electrons. The molecular weight excluding hydrogens is 376 g/mol. The average Bonchev–Trinajstić information content (AvgIpc) is 3.25. The van der Waals surface area contributed by atoms with Gasteiger partial charge in [-0.1, -0.05) is 42.0 Å². The molecule has 0 bridgehead atoms. The van der Waals surface area contributed by atoms with Crippen molar-refractivity contribution in [2.75, 3.05) is 5.32 Å². The molecule has 0 spiro atoms. The number of anilines is 1. The second-order valence-corrected chi connectivity index (χ2v) is 7.03. The van der Waals surface area contributed by atoms with Gasteiger partial charge in [0.05, 0.1) is 11.8 Å². The molecule has 3 aromatic carbocycles. The van der Waals surface area contributed by atoms with Gasteiger partial charge in [0.1, 0.15) is 0 Å². The van der Waals surface area contributed by atoms with E-state index in [1.807, 2.05) is 37.3 Å². The number of oxazole rings is 1. The number of carbonyl (C=O) groups excluding carboxylic acids is 2. The van der Waals surface area contributed by atoms with Crippen molar-refractivity contribution in [3.63, 3.8) is 0 Å². The van der Waals surface area contributed by atoms with Gasteiger partial charge in [-0.05, 0) is 50.2 Å². The number of rotatable bonds is 5. The third kappa shape index (κ3) is 4.05. The molecule has 0 saturated heterocycles. The fraction of sp³-hybridized carbons (Fsp3) is 0.0800. The maximum absolute atomic E-state index is 12.9. The van der Waals surface area contributed by atoms with E-state index in [1.165, 1.54) is 6.92 Å². The molecule has 1 heterocycles. The van der Waals surface area contributed by atoms with E-state index in [-0.39, 0.29) is 11.7 Å². The smallest absolute Gasteiger partial charge is 0.256 e. The first-order valence-electron chi connectivity index (χ1n) is 9.56. The zero-order chi connectivity index (χ0) is 21.1. The van der Waals surface area contributed by atoms with Crippen LogP contribution in [0.1, 0.15) is 33.2 Å². The Hall–Kier alpha value is -3.99. The van der Waals surface area contributed by atoms with Crippen LogP contribution in [0.25, 0.3) is 22.8 Å². The fourth-order valence-corrected chi connectivity index (χ4v) is 3.10. The lowest BCUT2D eigenvalue weighted by atomic mass is 10.1. The minimum Gasteiger partial charge on any atom is -0.436 e. The molecule has 5 nitrogen and oxygen atoms in total. The number of hydrogen-bond acceptors (Lipinski definition) is 4. The van der Waals surface area contributed by atoms with Gasteiger partial charge in [-0.2, -0.15) is 0 Å². The summed E-state index contributed by atoms with van der Waals surface area (Å²) in [6.07, 6.45) is 1.66. The lowest BCUT2D eigenvalue weighted by Crippen LogP contribution is -2.13. The average molecular weight is 396 g/mol. The highest BCUT2D eigenvalue weighted by atomic mass is 16.4. The maximum Gasteiger partial charge on any atom is 0.256 e. The molecule has 1 aromatic heterocycles. The minimum absolute atomic E-state index is 0.0218. The van der Waals surface area contributed by atoms with Crippen LogP contribution >= 0.6 is 0 Å². The summed E-state index contributed by atoms with van der Waals surface area (Å²) in [6.45, 7) is 3.53. The Morgan fingerprint density at radius 2 is 1.60 bits per heavy atom. The van der Waals surface area contributed by atoms with Gasteiger partial charge >= 0.3 is 0 Å². The standard InChI is InChI=1S/C25H20N2O3/c1-16-7-9-19(10-8-16)23-15-26-25(30-23)22-6-4-3-5-21(22)24(29)27-20-13-11-18(12-14-20)17(2)28/h3-15H,1-2H3,(H,27,29). The first kappa shape index (κ1) is 19.3. The van der Waals surface area contributed by atoms with Crippen molar-refractivity contribution >= 4 is 17.4 Å². The van der Waals surface area contributed by atoms with Gasteiger partial charge in [-0.15, -0.1) is 0 Å². The molecule has 0 aliphatic carbocycles. The first-order chi connectivity index (χ1) is 14.5. The Bertz CT molecular complexity index is 1210. The van der Waals surface area contributed by atoms with Gasteiger partial charge in [0.25, 0.3) is 5.91 Å². The van der Waals surface area contributed by atoms with Crippen LogP contribution < -0.4 is 5.32 Å². The topological polar surface area (TPSA) is 72.2 Å². The second kappa shape index (κ2) is 8.17. The summed E-state index contributed by atoms with van der Waals surface area (Å²) in [4.78, 5) is 28.7. The van der Waals surface area contributed by atoms with Crippen LogP contribution in [-0.4, -0.2) is 16.7 Å². The Balaban J connectivity index is 1.60. The fourth-order valence-electron chi connectivity index (χ4n) is 3.10. The SMILES string of the molecule is CC(=O)c1ccc(NC(=O)c2ccccc2-c2ncc(-c3ccc(C)cc3)o2)cc1. The Labute approximate surface area is 174 Å². The van der Waals surface area contributed by atoms with Gasteiger partial charge in [-0.25, -0.2) is 4.98 Å². The molecule has 148 valence electrons. The summed E-state index contributed by atoms with van der Waals surface area (Å²) < 4.78 is 5.95. The second-order valence-electron chi connectivity index (χ2n) is 7.03. The summed E-state index contributed by atoms with van der Waals surface area (Å²) in [5.41, 5.74) is 4.34. The van der Waals surface area contributed by atoms with E-state index >= 15 is 0 Å². The third-order valence-corrected chi connectivity index (χ3v) is 4.79. The molecule has 0 aliphatic heterocycles. The van der Waals surface area contributed by atoms with Crippen LogP contribution in [0.5, 0.6) is 0 Å². The lowest BCUT2D eigenvalue weighted by molar-refractivity contribution is 0.101. The van der Waals surface area contributed by atoms with Crippen molar-refractivity contribution in [3.05, 3.63) is 95.7 Å². The van der Waals surface area contributed by atoms with Crippen molar-refractivity contribution < 1.29 is 14.0 Å². The molecule has 0 aliphatic rings. The molecule has 5 heteroatoms. The number of hydrogen-bond donors (Lipinski definition) is 1. The Morgan fingerprint density at radius 1 is 0.900 bits per heavy atom. The molecule has 0 saturated carbocycles. The van der Waals surface area contributed by atoms with Gasteiger partial charge in [0.2, 0.25) is 5.89 Å². The quantitative estimate of drug-likeness (QED) is 0.435. The van der Waals surface area contributed by atoms with Crippen LogP contribution in [0.3, 0.4) is 0 Å². The van der Waals surface area contributed by atoms with E-state index in [1.54, 1.807) is 48.7 Å². The third-order valence-electron chi connectivity index (χ3n) is 4.79. The number of aryl methyl sites for hydroxylation is 1. The molecule has 1 N–H and O–H groups in total. The molecule has 1 amide bonds. The number of ketones is 1. The number of Topliss-reactive ketones (excluding diaryl/α,β-unsaturated/α-hetero) is 1. The van der Waals surface area contributed by atoms with Crippen molar-refractivity contribution in [2.45, 2.75) is 13.8 Å². The molecule has 0 fully saturated rings. The van der Waals surface area contributed by atoms with Crippen LogP contribution in [0.4, 0.5) is 5.69 Å². The van der Waals surface area contributed by atoms with E-state index in [0.717, 1.165) is 11.1 Å². The molecule has 0 unspecified atom stereocenters. The summed E-state index contributed by atoms with van der Waals surface area (Å²) in [7, 11) is 0. The number of nitrogens with one attached hydrogen (secondary N) is 1. The predicted octanol–water partition coefficient (Wildman–Crippen LogP) is 5.77. The van der Waals surface area contributed by atoms with Crippen molar-refractivity contribution in [1.29, 1.82) is 0 Å². The highest BCUT2D eigenvalue weighted by Crippen LogP contribution is 2.29. The molecular formula is C25H20N2O3. The number of carbonyl (C=O) groups is 2. The van der Waals surface area contributed by atoms with Crippen LogP contribution in [0.15, 0.2) is 83.4 Å². The normalized spacial score (nSPS) is 10.6. The predicted molar refractivity (Wildman–Crippen MR) is 117 cm³/mol. The van der Waals surface area contributed by atoms with Crippen LogP contribution in [-0.2, 0) is 0 Å². The molecule has 0 atom stereocenters. The number of amides is 1. The van der Waals surface area contributed by atoms with Gasteiger partial charge in [-0.3, -0.25) is 9.59 Å². The highest BCUT2D eigenvalue weighted by Gasteiger charge is 2.17. The number of nitrogens with zero attached hydrogens (tertiary/aromatic N) is 1. The minimum atomic E-state index is -0.281. The van der Waals surface area contributed by atoms with E-state index in [9.17, 15) is 9.59 Å². The van der Waals surface area contributed by atoms with Crippen LogP contribution in [0, 0.1) is 6.92 Å². The lowest BCUT2D eigenvalue weighted by Gasteiger charge is -2.09. The van der Waals surface area contributed by atoms with E-state index in [2.05, 4.69) is 10.3 Å². The summed E-state index contributed by atoms with van der Waals surface area (Å²) in [5, 5.41) is 2.86. The zero-order valence-corrected chi connectivity index (χ0v) is 16.7. The summed E-state index contributed by atoms with van der Waals surface area (Å²) in [6, 6.07) is 21.9. The van der Waals surface area contributed by atoms with E-state index < -0.39 is 0 Å². The molecule has 4 rings (SSSR count). The first-order valence-corrected chi connectivity index (χ1v) is 9.56. The van der Waals surface area contributed by atoms with Crippen molar-refractivity contribution in [1.82, 2.24) is 4.98 Å². The molecule has 4 aromatic rings. The summed E-state index contributed by atoms with van der Waals surface area (Å²) >= 11 is 0. The van der Waals surface area contributed by atoms with Crippen molar-refractivity contribution in [3.8, 4) is 22.8 Å². The van der Waals surface area contributed by atoms with E-state index in [4.69, 9.17) is 4.42 Å². The largest absolute Gasteiger partial charge is 0.436 e. The highest BCUT2D eigenvalue weighted by molar-refractivity contribution is 6.08. The van der Waals surface area contributed by atoms with Gasteiger partial charge in [0.15, 0.2) is 11.5 Å². The van der Waals surface area contributed by atoms with Crippen molar-refractivity contribution in [2.24, 2.45) is 0 Å². The maximum atomic E-state index is 12.9. The van der Waals surface area contributed by atoms with E-state index in [0.29, 0.717) is 34.0 Å². The summed E-state index contributed by atoms with van der Waals surface area (Å²) in [5.74, 6) is 0.714. The monoisotopic (exact) mass is 396 g/mol. The zero-order valence-electron chi connectivity index (χ0n) is 16.7.